The SMILES string of the molecule is O=C(Cc1ccccc1)NNC(=O)c1ccc(NC(=O)c2ccc(Br)cc2)cc1. The molecule has 0 atom stereocenters. The van der Waals surface area contributed by atoms with Crippen molar-refractivity contribution in [3.05, 3.63) is 100 Å². The van der Waals surface area contributed by atoms with Crippen molar-refractivity contribution in [2.45, 2.75) is 6.42 Å². The molecule has 3 aromatic carbocycles. The summed E-state index contributed by atoms with van der Waals surface area (Å²) < 4.78 is 0.889. The first-order valence-electron chi connectivity index (χ1n) is 8.81. The molecule has 6 nitrogen and oxygen atoms in total. The Morgan fingerprint density at radius 2 is 1.28 bits per heavy atom. The Hall–Kier alpha value is -3.45. The van der Waals surface area contributed by atoms with Gasteiger partial charge in [0.1, 0.15) is 0 Å². The number of halogens is 1. The van der Waals surface area contributed by atoms with Gasteiger partial charge in [-0.1, -0.05) is 46.3 Å². The van der Waals surface area contributed by atoms with Crippen LogP contribution in [0, 0.1) is 0 Å². The second kappa shape index (κ2) is 9.66. The van der Waals surface area contributed by atoms with Crippen LogP contribution in [0.1, 0.15) is 26.3 Å². The summed E-state index contributed by atoms with van der Waals surface area (Å²) in [6.07, 6.45) is 0.169. The highest BCUT2D eigenvalue weighted by atomic mass is 79.9. The van der Waals surface area contributed by atoms with Gasteiger partial charge in [0, 0.05) is 21.3 Å². The lowest BCUT2D eigenvalue weighted by atomic mass is 10.1. The summed E-state index contributed by atoms with van der Waals surface area (Å²) in [5.41, 5.74) is 7.06. The third kappa shape index (κ3) is 6.02. The second-order valence-electron chi connectivity index (χ2n) is 6.20. The maximum Gasteiger partial charge on any atom is 0.269 e. The van der Waals surface area contributed by atoms with Gasteiger partial charge in [0.2, 0.25) is 5.91 Å². The molecule has 3 aromatic rings. The number of rotatable bonds is 5. The van der Waals surface area contributed by atoms with Gasteiger partial charge in [0.15, 0.2) is 0 Å². The molecule has 0 unspecified atom stereocenters. The summed E-state index contributed by atoms with van der Waals surface area (Å²) in [6, 6.07) is 22.6. The van der Waals surface area contributed by atoms with Gasteiger partial charge in [0.25, 0.3) is 11.8 Å². The summed E-state index contributed by atoms with van der Waals surface area (Å²) in [6.45, 7) is 0. The Morgan fingerprint density at radius 3 is 1.93 bits per heavy atom. The van der Waals surface area contributed by atoms with Crippen LogP contribution in [0.2, 0.25) is 0 Å². The molecule has 0 heterocycles. The van der Waals surface area contributed by atoms with Crippen LogP contribution in [-0.4, -0.2) is 17.7 Å². The van der Waals surface area contributed by atoms with Crippen molar-refractivity contribution in [2.75, 3.05) is 5.32 Å². The van der Waals surface area contributed by atoms with Crippen molar-refractivity contribution in [1.82, 2.24) is 10.9 Å². The zero-order chi connectivity index (χ0) is 20.6. The third-order valence-electron chi connectivity index (χ3n) is 4.03. The van der Waals surface area contributed by atoms with E-state index in [0.29, 0.717) is 16.8 Å². The molecule has 3 N–H and O–H groups in total. The Bertz CT molecular complexity index is 1000. The van der Waals surface area contributed by atoms with Crippen molar-refractivity contribution >= 4 is 39.3 Å². The van der Waals surface area contributed by atoms with E-state index < -0.39 is 5.91 Å². The fourth-order valence-electron chi connectivity index (χ4n) is 2.53. The van der Waals surface area contributed by atoms with Gasteiger partial charge < -0.3 is 5.32 Å². The first-order valence-corrected chi connectivity index (χ1v) is 9.60. The summed E-state index contributed by atoms with van der Waals surface area (Å²) >= 11 is 3.33. The molecule has 0 aliphatic rings. The van der Waals surface area contributed by atoms with Gasteiger partial charge in [-0.05, 0) is 54.1 Å². The highest BCUT2D eigenvalue weighted by Gasteiger charge is 2.10. The Kier molecular flexibility index (Phi) is 6.76. The number of amides is 3. The molecule has 0 bridgehead atoms. The van der Waals surface area contributed by atoms with Crippen LogP contribution in [0.15, 0.2) is 83.3 Å². The fourth-order valence-corrected chi connectivity index (χ4v) is 2.80. The lowest BCUT2D eigenvalue weighted by Crippen LogP contribution is -2.42. The Labute approximate surface area is 176 Å². The predicted molar refractivity (Wildman–Crippen MR) is 114 cm³/mol. The van der Waals surface area contributed by atoms with E-state index in [2.05, 4.69) is 32.1 Å². The smallest absolute Gasteiger partial charge is 0.269 e. The molecule has 146 valence electrons. The normalized spacial score (nSPS) is 10.1. The quantitative estimate of drug-likeness (QED) is 0.516. The van der Waals surface area contributed by atoms with E-state index in [1.54, 1.807) is 48.5 Å². The summed E-state index contributed by atoms with van der Waals surface area (Å²) in [5, 5.41) is 2.77. The van der Waals surface area contributed by atoms with Crippen LogP contribution in [-0.2, 0) is 11.2 Å². The molecule has 29 heavy (non-hydrogen) atoms. The fraction of sp³-hybridized carbons (Fsp3) is 0.0455. The predicted octanol–water partition coefficient (Wildman–Crippen LogP) is 3.71. The molecule has 7 heteroatoms. The Balaban J connectivity index is 1.51. The minimum absolute atomic E-state index is 0.169. The van der Waals surface area contributed by atoms with E-state index in [4.69, 9.17) is 0 Å². The van der Waals surface area contributed by atoms with Crippen LogP contribution >= 0.6 is 15.9 Å². The molecular formula is C22H18BrN3O3. The number of hydrogen-bond donors (Lipinski definition) is 3. The third-order valence-corrected chi connectivity index (χ3v) is 4.56. The molecular weight excluding hydrogens is 434 g/mol. The van der Waals surface area contributed by atoms with E-state index in [-0.39, 0.29) is 18.2 Å². The molecule has 0 aliphatic carbocycles. The van der Waals surface area contributed by atoms with Gasteiger partial charge in [-0.25, -0.2) is 0 Å². The minimum Gasteiger partial charge on any atom is -0.322 e. The minimum atomic E-state index is -0.447. The van der Waals surface area contributed by atoms with Gasteiger partial charge in [-0.2, -0.15) is 0 Å². The van der Waals surface area contributed by atoms with Gasteiger partial charge in [-0.15, -0.1) is 0 Å². The van der Waals surface area contributed by atoms with Gasteiger partial charge in [-0.3, -0.25) is 25.2 Å². The maximum atomic E-state index is 12.2. The largest absolute Gasteiger partial charge is 0.322 e. The number of anilines is 1. The zero-order valence-corrected chi connectivity index (χ0v) is 16.9. The van der Waals surface area contributed by atoms with E-state index >= 15 is 0 Å². The second-order valence-corrected chi connectivity index (χ2v) is 7.12. The van der Waals surface area contributed by atoms with Crippen molar-refractivity contribution in [3.63, 3.8) is 0 Å². The number of benzene rings is 3. The van der Waals surface area contributed by atoms with Crippen molar-refractivity contribution in [1.29, 1.82) is 0 Å². The average Bonchev–Trinajstić information content (AvgIpc) is 2.74. The summed E-state index contributed by atoms with van der Waals surface area (Å²) in [5.74, 6) is -1.01. The topological polar surface area (TPSA) is 87.3 Å². The van der Waals surface area contributed by atoms with Crippen molar-refractivity contribution < 1.29 is 14.4 Å². The molecule has 0 radical (unpaired) electrons. The molecule has 0 spiro atoms. The summed E-state index contributed by atoms with van der Waals surface area (Å²) in [4.78, 5) is 36.3. The standard InChI is InChI=1S/C22H18BrN3O3/c23-18-10-6-16(7-11-18)21(28)24-19-12-8-17(9-13-19)22(29)26-25-20(27)14-15-4-2-1-3-5-15/h1-13H,14H2,(H,24,28)(H,25,27)(H,26,29). The van der Waals surface area contributed by atoms with Crippen LogP contribution < -0.4 is 16.2 Å². The summed E-state index contributed by atoms with van der Waals surface area (Å²) in [7, 11) is 0. The Morgan fingerprint density at radius 1 is 0.690 bits per heavy atom. The van der Waals surface area contributed by atoms with Gasteiger partial charge >= 0.3 is 0 Å². The molecule has 3 rings (SSSR count). The van der Waals surface area contributed by atoms with Crippen LogP contribution in [0.25, 0.3) is 0 Å². The lowest BCUT2D eigenvalue weighted by Gasteiger charge is -2.09. The number of nitrogens with one attached hydrogen (secondary N) is 3. The maximum absolute atomic E-state index is 12.2. The number of hydrogen-bond acceptors (Lipinski definition) is 3. The lowest BCUT2D eigenvalue weighted by molar-refractivity contribution is -0.121. The van der Waals surface area contributed by atoms with E-state index in [0.717, 1.165) is 10.0 Å². The number of carbonyl (C=O) groups is 3. The molecule has 0 aromatic heterocycles. The highest BCUT2D eigenvalue weighted by molar-refractivity contribution is 9.10. The van der Waals surface area contributed by atoms with Crippen LogP contribution in [0.4, 0.5) is 5.69 Å². The highest BCUT2D eigenvalue weighted by Crippen LogP contribution is 2.14. The van der Waals surface area contributed by atoms with Crippen molar-refractivity contribution in [2.24, 2.45) is 0 Å². The first-order chi connectivity index (χ1) is 14.0. The monoisotopic (exact) mass is 451 g/mol. The molecule has 0 fully saturated rings. The molecule has 0 aliphatic heterocycles. The van der Waals surface area contributed by atoms with Crippen molar-refractivity contribution in [3.8, 4) is 0 Å². The van der Waals surface area contributed by atoms with Gasteiger partial charge in [0.05, 0.1) is 6.42 Å². The van der Waals surface area contributed by atoms with E-state index in [1.807, 2.05) is 30.3 Å². The molecule has 0 saturated heterocycles. The first kappa shape index (κ1) is 20.3. The average molecular weight is 452 g/mol. The number of hydrazine groups is 1. The van der Waals surface area contributed by atoms with Crippen LogP contribution in [0.3, 0.4) is 0 Å². The van der Waals surface area contributed by atoms with E-state index in [9.17, 15) is 14.4 Å². The number of carbonyl (C=O) groups excluding carboxylic acids is 3. The van der Waals surface area contributed by atoms with Crippen LogP contribution in [0.5, 0.6) is 0 Å². The van der Waals surface area contributed by atoms with E-state index in [1.165, 1.54) is 0 Å². The zero-order valence-electron chi connectivity index (χ0n) is 15.3. The molecule has 3 amide bonds. The molecule has 0 saturated carbocycles.